The van der Waals surface area contributed by atoms with Crippen molar-refractivity contribution in [2.75, 3.05) is 13.7 Å². The van der Waals surface area contributed by atoms with Crippen LogP contribution in [0.5, 0.6) is 0 Å². The fraction of sp³-hybridized carbons (Fsp3) is 0.200. The quantitative estimate of drug-likeness (QED) is 0.681. The third-order valence-electron chi connectivity index (χ3n) is 1.84. The summed E-state index contributed by atoms with van der Waals surface area (Å²) in [5.74, 6) is -2.17. The molecule has 0 spiro atoms. The van der Waals surface area contributed by atoms with Gasteiger partial charge in [0.1, 0.15) is 5.82 Å². The SMILES string of the molecule is CNC(=O)COC(=O)c1cc(F)c(Cl)cc1Cl. The molecule has 0 saturated carbocycles. The van der Waals surface area contributed by atoms with Crippen LogP contribution in [0.2, 0.25) is 10.0 Å². The van der Waals surface area contributed by atoms with Gasteiger partial charge in [0.25, 0.3) is 5.91 Å². The van der Waals surface area contributed by atoms with Crippen molar-refractivity contribution in [3.05, 3.63) is 33.6 Å². The van der Waals surface area contributed by atoms with Crippen molar-refractivity contribution in [1.29, 1.82) is 0 Å². The summed E-state index contributed by atoms with van der Waals surface area (Å²) in [5, 5.41) is 2.02. The number of halogens is 3. The highest BCUT2D eigenvalue weighted by atomic mass is 35.5. The van der Waals surface area contributed by atoms with Crippen molar-refractivity contribution in [3.63, 3.8) is 0 Å². The lowest BCUT2D eigenvalue weighted by molar-refractivity contribution is -0.123. The molecule has 0 aliphatic rings. The van der Waals surface area contributed by atoms with Gasteiger partial charge in [-0.25, -0.2) is 9.18 Å². The first-order valence-electron chi connectivity index (χ1n) is 4.48. The lowest BCUT2D eigenvalue weighted by Gasteiger charge is -2.06. The third-order valence-corrected chi connectivity index (χ3v) is 2.45. The molecular weight excluding hydrogens is 272 g/mol. The Kier molecular flexibility index (Phi) is 4.72. The predicted molar refractivity (Wildman–Crippen MR) is 60.8 cm³/mol. The fourth-order valence-electron chi connectivity index (χ4n) is 0.960. The maximum absolute atomic E-state index is 13.1. The smallest absolute Gasteiger partial charge is 0.340 e. The van der Waals surface area contributed by atoms with Crippen LogP contribution in [0, 0.1) is 5.82 Å². The van der Waals surface area contributed by atoms with Crippen LogP contribution in [0.4, 0.5) is 4.39 Å². The summed E-state index contributed by atoms with van der Waals surface area (Å²) in [4.78, 5) is 22.3. The molecule has 1 rings (SSSR count). The Bertz CT molecular complexity index is 465. The molecule has 17 heavy (non-hydrogen) atoms. The van der Waals surface area contributed by atoms with E-state index >= 15 is 0 Å². The molecule has 0 unspecified atom stereocenters. The molecule has 0 aromatic heterocycles. The van der Waals surface area contributed by atoms with E-state index < -0.39 is 24.3 Å². The molecule has 92 valence electrons. The number of likely N-dealkylation sites (N-methyl/N-ethyl adjacent to an activating group) is 1. The van der Waals surface area contributed by atoms with Crippen molar-refractivity contribution >= 4 is 35.1 Å². The van der Waals surface area contributed by atoms with Crippen LogP contribution in [0.3, 0.4) is 0 Å². The number of carbonyl (C=O) groups is 2. The Morgan fingerprint density at radius 3 is 2.59 bits per heavy atom. The van der Waals surface area contributed by atoms with Crippen molar-refractivity contribution < 1.29 is 18.7 Å². The number of carbonyl (C=O) groups excluding carboxylic acids is 2. The average Bonchev–Trinajstić information content (AvgIpc) is 2.30. The van der Waals surface area contributed by atoms with Gasteiger partial charge in [0.05, 0.1) is 15.6 Å². The Morgan fingerprint density at radius 1 is 1.35 bits per heavy atom. The van der Waals surface area contributed by atoms with Crippen molar-refractivity contribution in [3.8, 4) is 0 Å². The van der Waals surface area contributed by atoms with E-state index in [1.807, 2.05) is 0 Å². The van der Waals surface area contributed by atoms with Crippen LogP contribution >= 0.6 is 23.2 Å². The van der Waals surface area contributed by atoms with Crippen LogP contribution in [0.1, 0.15) is 10.4 Å². The first-order chi connectivity index (χ1) is 7.95. The van der Waals surface area contributed by atoms with Gasteiger partial charge in [0.2, 0.25) is 0 Å². The number of hydrogen-bond donors (Lipinski definition) is 1. The molecule has 0 aliphatic heterocycles. The Balaban J connectivity index is 2.82. The second-order valence-corrected chi connectivity index (χ2v) is 3.81. The van der Waals surface area contributed by atoms with Gasteiger partial charge in [-0.2, -0.15) is 0 Å². The zero-order valence-electron chi connectivity index (χ0n) is 8.72. The minimum absolute atomic E-state index is 0.0432. The highest BCUT2D eigenvalue weighted by molar-refractivity contribution is 6.36. The van der Waals surface area contributed by atoms with Crippen molar-refractivity contribution in [1.82, 2.24) is 5.32 Å². The normalized spacial score (nSPS) is 9.88. The van der Waals surface area contributed by atoms with Gasteiger partial charge >= 0.3 is 5.97 Å². The molecule has 1 amide bonds. The van der Waals surface area contributed by atoms with Gasteiger partial charge < -0.3 is 10.1 Å². The number of nitrogens with one attached hydrogen (secondary N) is 1. The first kappa shape index (κ1) is 13.7. The van der Waals surface area contributed by atoms with Gasteiger partial charge in [0.15, 0.2) is 6.61 Å². The molecule has 7 heteroatoms. The Morgan fingerprint density at radius 2 is 2.00 bits per heavy atom. The van der Waals surface area contributed by atoms with E-state index in [-0.39, 0.29) is 15.6 Å². The lowest BCUT2D eigenvalue weighted by Crippen LogP contribution is -2.25. The highest BCUT2D eigenvalue weighted by Gasteiger charge is 2.16. The van der Waals surface area contributed by atoms with Crippen molar-refractivity contribution in [2.45, 2.75) is 0 Å². The van der Waals surface area contributed by atoms with Crippen molar-refractivity contribution in [2.24, 2.45) is 0 Å². The Hall–Kier alpha value is -1.33. The topological polar surface area (TPSA) is 55.4 Å². The largest absolute Gasteiger partial charge is 0.452 e. The Labute approximate surface area is 107 Å². The molecule has 0 aliphatic carbocycles. The summed E-state index contributed by atoms with van der Waals surface area (Å²) in [7, 11) is 1.39. The second kappa shape index (κ2) is 5.84. The molecular formula is C10H8Cl2FNO3. The standard InChI is InChI=1S/C10H8Cl2FNO3/c1-14-9(15)4-17-10(16)5-2-8(13)7(12)3-6(5)11/h2-3H,4H2,1H3,(H,14,15). The average molecular weight is 280 g/mol. The van der Waals surface area contributed by atoms with Gasteiger partial charge in [-0.1, -0.05) is 23.2 Å². The summed E-state index contributed by atoms with van der Waals surface area (Å²) in [6.07, 6.45) is 0. The maximum Gasteiger partial charge on any atom is 0.340 e. The first-order valence-corrected chi connectivity index (χ1v) is 5.23. The minimum atomic E-state index is -0.894. The number of benzene rings is 1. The molecule has 0 fully saturated rings. The summed E-state index contributed by atoms with van der Waals surface area (Å²) in [5.41, 5.74) is -0.183. The number of ether oxygens (including phenoxy) is 1. The second-order valence-electron chi connectivity index (χ2n) is 3.00. The molecule has 0 saturated heterocycles. The molecule has 1 aromatic carbocycles. The van der Waals surface area contributed by atoms with E-state index in [4.69, 9.17) is 23.2 Å². The lowest BCUT2D eigenvalue weighted by atomic mass is 10.2. The predicted octanol–water partition coefficient (Wildman–Crippen LogP) is 2.04. The molecule has 4 nitrogen and oxygen atoms in total. The number of rotatable bonds is 3. The molecule has 0 heterocycles. The number of hydrogen-bond acceptors (Lipinski definition) is 3. The molecule has 0 bridgehead atoms. The maximum atomic E-state index is 13.1. The van der Waals surface area contributed by atoms with Crippen LogP contribution in [-0.4, -0.2) is 25.5 Å². The summed E-state index contributed by atoms with van der Waals surface area (Å²) in [6, 6.07) is 1.95. The van der Waals surface area contributed by atoms with E-state index in [1.54, 1.807) is 0 Å². The van der Waals surface area contributed by atoms with E-state index in [1.165, 1.54) is 7.05 Å². The van der Waals surface area contributed by atoms with Crippen LogP contribution in [0.25, 0.3) is 0 Å². The summed E-state index contributed by atoms with van der Waals surface area (Å²) < 4.78 is 17.7. The van der Waals surface area contributed by atoms with E-state index in [0.29, 0.717) is 0 Å². The number of esters is 1. The minimum Gasteiger partial charge on any atom is -0.452 e. The summed E-state index contributed by atoms with van der Waals surface area (Å²) in [6.45, 7) is -0.462. The molecule has 1 N–H and O–H groups in total. The molecule has 0 radical (unpaired) electrons. The van der Waals surface area contributed by atoms with E-state index in [2.05, 4.69) is 10.1 Å². The summed E-state index contributed by atoms with van der Waals surface area (Å²) >= 11 is 11.2. The zero-order valence-corrected chi connectivity index (χ0v) is 10.2. The van der Waals surface area contributed by atoms with Crippen LogP contribution in [0.15, 0.2) is 12.1 Å². The fourth-order valence-corrected chi connectivity index (χ4v) is 1.42. The van der Waals surface area contributed by atoms with Gasteiger partial charge in [-0.3, -0.25) is 4.79 Å². The third kappa shape index (κ3) is 3.57. The van der Waals surface area contributed by atoms with E-state index in [0.717, 1.165) is 12.1 Å². The van der Waals surface area contributed by atoms with Gasteiger partial charge in [0, 0.05) is 7.05 Å². The highest BCUT2D eigenvalue weighted by Crippen LogP contribution is 2.24. The zero-order chi connectivity index (χ0) is 13.0. The van der Waals surface area contributed by atoms with Crippen LogP contribution < -0.4 is 5.32 Å². The van der Waals surface area contributed by atoms with Gasteiger partial charge in [-0.15, -0.1) is 0 Å². The van der Waals surface area contributed by atoms with Gasteiger partial charge in [-0.05, 0) is 12.1 Å². The molecule has 1 aromatic rings. The van der Waals surface area contributed by atoms with E-state index in [9.17, 15) is 14.0 Å². The number of amides is 1. The monoisotopic (exact) mass is 279 g/mol. The van der Waals surface area contributed by atoms with Crippen LogP contribution in [-0.2, 0) is 9.53 Å². The molecule has 0 atom stereocenters.